The first-order valence-electron chi connectivity index (χ1n) is 6.49. The van der Waals surface area contributed by atoms with Gasteiger partial charge in [-0.15, -0.1) is 0 Å². The van der Waals surface area contributed by atoms with E-state index in [1.54, 1.807) is 7.11 Å². The predicted octanol–water partition coefficient (Wildman–Crippen LogP) is 0.927. The Balaban J connectivity index is 1.66. The van der Waals surface area contributed by atoms with Gasteiger partial charge in [-0.25, -0.2) is 0 Å². The van der Waals surface area contributed by atoms with Gasteiger partial charge in [-0.3, -0.25) is 0 Å². The summed E-state index contributed by atoms with van der Waals surface area (Å²) in [6.07, 6.45) is 2.67. The Labute approximate surface area is 116 Å². The summed E-state index contributed by atoms with van der Waals surface area (Å²) in [6, 6.07) is 6.46. The molecule has 94 valence electrons. The van der Waals surface area contributed by atoms with Crippen LogP contribution in [0.2, 0.25) is 0 Å². The first kappa shape index (κ1) is 12.4. The molecule has 1 aliphatic carbocycles. The van der Waals surface area contributed by atoms with Crippen LogP contribution >= 0.6 is 0 Å². The van der Waals surface area contributed by atoms with Crippen LogP contribution < -0.4 is 13.8 Å². The van der Waals surface area contributed by atoms with Crippen LogP contribution in [-0.2, 0) is 4.18 Å². The molecule has 18 heavy (non-hydrogen) atoms. The van der Waals surface area contributed by atoms with Crippen molar-refractivity contribution in [1.29, 1.82) is 0 Å². The van der Waals surface area contributed by atoms with Crippen molar-refractivity contribution < 1.29 is 4.74 Å². The number of rotatable bonds is 4. The molecule has 3 rings (SSSR count). The molecule has 0 saturated heterocycles. The van der Waals surface area contributed by atoms with Gasteiger partial charge in [0.1, 0.15) is 0 Å². The second-order valence-corrected chi connectivity index (χ2v) is 11.7. The first-order valence-corrected chi connectivity index (χ1v) is 12.4. The van der Waals surface area contributed by atoms with E-state index in [4.69, 9.17) is 10.5 Å². The third-order valence-corrected chi connectivity index (χ3v) is 10.6. The molecule has 1 aliphatic heterocycles. The van der Waals surface area contributed by atoms with Gasteiger partial charge < -0.3 is 0 Å². The van der Waals surface area contributed by atoms with Gasteiger partial charge in [0.05, 0.1) is 0 Å². The van der Waals surface area contributed by atoms with Gasteiger partial charge in [0.2, 0.25) is 0 Å². The van der Waals surface area contributed by atoms with Crippen LogP contribution in [0.25, 0.3) is 0 Å². The number of nitrogens with one attached hydrogen (secondary N) is 1. The van der Waals surface area contributed by atoms with Crippen LogP contribution in [0.3, 0.4) is 0 Å². The molecule has 0 radical (unpaired) electrons. The van der Waals surface area contributed by atoms with E-state index in [0.717, 1.165) is 21.5 Å². The summed E-state index contributed by atoms with van der Waals surface area (Å²) in [5, 5.41) is 0. The van der Waals surface area contributed by atoms with Crippen LogP contribution in [0.5, 0.6) is 5.88 Å². The number of methoxy groups -OCH3 is 1. The third-order valence-electron chi connectivity index (χ3n) is 3.66. The molecule has 1 saturated carbocycles. The van der Waals surface area contributed by atoms with Crippen molar-refractivity contribution >= 4 is 21.7 Å². The fourth-order valence-electron chi connectivity index (χ4n) is 2.58. The maximum atomic E-state index is 6.13. The number of hydrogen-bond acceptors (Lipinski definition) is 4. The van der Waals surface area contributed by atoms with Crippen molar-refractivity contribution in [3.63, 3.8) is 0 Å². The fourth-order valence-corrected chi connectivity index (χ4v) is 10.0. The summed E-state index contributed by atoms with van der Waals surface area (Å²) < 4.78 is 12.4. The molecule has 3 N–H and O–H groups in total. The summed E-state index contributed by atoms with van der Waals surface area (Å²) in [5.74, 6) is 1.51. The molecule has 4 nitrogen and oxygen atoms in total. The average molecular weight is 347 g/mol. The SMILES string of the molecule is COc1cccc([CH2][In]2[CH]=C(N)C(C3CC3)[NH]2)n1. The van der Waals surface area contributed by atoms with Crippen molar-refractivity contribution in [2.24, 2.45) is 11.7 Å². The van der Waals surface area contributed by atoms with E-state index in [9.17, 15) is 0 Å². The minimum absolute atomic E-state index is 0.483. The monoisotopic (exact) mass is 347 g/mol. The molecule has 2 aliphatic rings. The molecule has 1 atom stereocenters. The Morgan fingerprint density at radius 2 is 2.33 bits per heavy atom. The van der Waals surface area contributed by atoms with Crippen molar-refractivity contribution in [1.82, 2.24) is 8.29 Å². The summed E-state index contributed by atoms with van der Waals surface area (Å²) in [4.78, 5) is 4.49. The van der Waals surface area contributed by atoms with E-state index >= 15 is 0 Å². The predicted molar refractivity (Wildman–Crippen MR) is 72.2 cm³/mol. The fraction of sp³-hybridized carbons (Fsp3) is 0.462. The molecule has 1 fully saturated rings. The quantitative estimate of drug-likeness (QED) is 0.851. The molecule has 0 bridgehead atoms. The summed E-state index contributed by atoms with van der Waals surface area (Å²) in [5.41, 5.74) is 8.35. The number of aromatic nitrogens is 1. The molecule has 1 aromatic heterocycles. The van der Waals surface area contributed by atoms with E-state index in [-0.39, 0.29) is 0 Å². The zero-order valence-corrected chi connectivity index (χ0v) is 13.9. The summed E-state index contributed by atoms with van der Waals surface area (Å²) in [7, 11) is 1.66. The van der Waals surface area contributed by atoms with Crippen molar-refractivity contribution in [3.05, 3.63) is 33.4 Å². The number of hydrogen-bond donors (Lipinski definition) is 2. The number of nitrogens with two attached hydrogens (primary N) is 1. The van der Waals surface area contributed by atoms with Gasteiger partial charge >= 0.3 is 116 Å². The van der Waals surface area contributed by atoms with E-state index in [1.165, 1.54) is 12.8 Å². The molecule has 2 heterocycles. The Morgan fingerprint density at radius 1 is 1.50 bits per heavy atom. The minimum atomic E-state index is -1.86. The molecule has 5 heteroatoms. The van der Waals surface area contributed by atoms with Crippen molar-refractivity contribution in [2.75, 3.05) is 7.11 Å². The molecular weight excluding hydrogens is 329 g/mol. The second-order valence-electron chi connectivity index (χ2n) is 5.13. The maximum absolute atomic E-state index is 6.13. The van der Waals surface area contributed by atoms with Crippen LogP contribution in [0, 0.1) is 5.92 Å². The number of nitrogens with zero attached hydrogens (tertiary/aromatic N) is 1. The van der Waals surface area contributed by atoms with Crippen LogP contribution in [0.4, 0.5) is 0 Å². The van der Waals surface area contributed by atoms with Crippen molar-refractivity contribution in [2.45, 2.75) is 23.1 Å². The Bertz CT molecular complexity index is 473. The molecular formula is C13H18InN3O. The van der Waals surface area contributed by atoms with Gasteiger partial charge in [-0.05, 0) is 0 Å². The topological polar surface area (TPSA) is 60.2 Å². The Kier molecular flexibility index (Phi) is 3.52. The molecule has 1 unspecified atom stereocenters. The van der Waals surface area contributed by atoms with Crippen molar-refractivity contribution in [3.8, 4) is 5.88 Å². The van der Waals surface area contributed by atoms with Gasteiger partial charge in [-0.2, -0.15) is 0 Å². The average Bonchev–Trinajstić information content (AvgIpc) is 3.15. The van der Waals surface area contributed by atoms with E-state index < -0.39 is 21.7 Å². The van der Waals surface area contributed by atoms with Gasteiger partial charge in [0, 0.05) is 0 Å². The standard InChI is InChI=1S/C7H8NO.C6H10N2.In/c1-6-4-3-5-7(8-6)9-2;1-4(7)6(8)5-2-3-5;/h3-5H,1H2,2H3;1,5-6,8H,2-3,7H2;/q;-1;+1. The Morgan fingerprint density at radius 3 is 3.06 bits per heavy atom. The normalized spacial score (nSPS) is 23.1. The van der Waals surface area contributed by atoms with Crippen LogP contribution in [0.15, 0.2) is 27.7 Å². The third kappa shape index (κ3) is 2.67. The molecule has 0 aromatic carbocycles. The van der Waals surface area contributed by atoms with Gasteiger partial charge in [0.15, 0.2) is 0 Å². The van der Waals surface area contributed by atoms with Crippen LogP contribution in [-0.4, -0.2) is 39.9 Å². The second kappa shape index (κ2) is 5.13. The van der Waals surface area contributed by atoms with Crippen LogP contribution in [0.1, 0.15) is 18.5 Å². The molecule has 0 amide bonds. The zero-order chi connectivity index (χ0) is 12.5. The van der Waals surface area contributed by atoms with Gasteiger partial charge in [0.25, 0.3) is 0 Å². The van der Waals surface area contributed by atoms with Gasteiger partial charge in [-0.1, -0.05) is 0 Å². The first-order chi connectivity index (χ1) is 8.76. The van der Waals surface area contributed by atoms with E-state index in [2.05, 4.69) is 18.2 Å². The Hall–Kier alpha value is -0.680. The molecule has 0 spiro atoms. The summed E-state index contributed by atoms with van der Waals surface area (Å²) in [6.45, 7) is 0. The zero-order valence-electron chi connectivity index (χ0n) is 10.6. The molecule has 1 aromatic rings. The van der Waals surface area contributed by atoms with E-state index in [1.807, 2.05) is 12.1 Å². The van der Waals surface area contributed by atoms with E-state index in [0.29, 0.717) is 11.9 Å². The summed E-state index contributed by atoms with van der Waals surface area (Å²) >= 11 is -1.86. The number of pyridine rings is 1. The number of ether oxygens (including phenoxy) is 1.